The lowest BCUT2D eigenvalue weighted by Gasteiger charge is -2.08. The van der Waals surface area contributed by atoms with Crippen LogP contribution in [0.2, 0.25) is 0 Å². The van der Waals surface area contributed by atoms with Gasteiger partial charge in [0.25, 0.3) is 10.0 Å². The number of pyridine rings is 1. The largest absolute Gasteiger partial charge is 0.399 e. The average Bonchev–Trinajstić information content (AvgIpc) is 2.32. The van der Waals surface area contributed by atoms with Crippen LogP contribution in [0.1, 0.15) is 0 Å². The smallest absolute Gasteiger partial charge is 0.263 e. The van der Waals surface area contributed by atoms with Crippen LogP contribution < -0.4 is 10.5 Å². The van der Waals surface area contributed by atoms with Gasteiger partial charge in [0.05, 0.1) is 0 Å². The number of hydrogen-bond acceptors (Lipinski definition) is 4. The molecule has 0 saturated heterocycles. The zero-order chi connectivity index (χ0) is 13.2. The van der Waals surface area contributed by atoms with Crippen LogP contribution in [0.15, 0.2) is 52.1 Å². The van der Waals surface area contributed by atoms with E-state index in [0.29, 0.717) is 15.8 Å². The number of halogens is 1. The second-order valence-corrected chi connectivity index (χ2v) is 6.16. The summed E-state index contributed by atoms with van der Waals surface area (Å²) in [6, 6.07) is 7.91. The van der Waals surface area contributed by atoms with E-state index < -0.39 is 10.0 Å². The summed E-state index contributed by atoms with van der Waals surface area (Å²) in [5.74, 6) is 0. The van der Waals surface area contributed by atoms with Crippen molar-refractivity contribution >= 4 is 37.3 Å². The van der Waals surface area contributed by atoms with Gasteiger partial charge in [-0.15, -0.1) is 0 Å². The van der Waals surface area contributed by atoms with Crippen LogP contribution in [-0.4, -0.2) is 13.4 Å². The molecule has 0 unspecified atom stereocenters. The Bertz CT molecular complexity index is 656. The van der Waals surface area contributed by atoms with Gasteiger partial charge in [0, 0.05) is 28.2 Å². The summed E-state index contributed by atoms with van der Waals surface area (Å²) in [4.78, 5) is 3.91. The molecule has 0 saturated carbocycles. The van der Waals surface area contributed by atoms with Crippen LogP contribution in [0.5, 0.6) is 0 Å². The minimum Gasteiger partial charge on any atom is -0.399 e. The lowest BCUT2D eigenvalue weighted by atomic mass is 10.3. The first-order chi connectivity index (χ1) is 8.47. The molecule has 0 radical (unpaired) electrons. The SMILES string of the molecule is Nc1ccc(NS(=O)(=O)c2cncc(Br)c2)cc1. The number of nitrogens with two attached hydrogens (primary N) is 1. The fourth-order valence-corrected chi connectivity index (χ4v) is 2.87. The molecular formula is C11H10BrN3O2S. The van der Waals surface area contributed by atoms with Crippen molar-refractivity contribution in [3.8, 4) is 0 Å². The van der Waals surface area contributed by atoms with E-state index in [1.54, 1.807) is 24.3 Å². The highest BCUT2D eigenvalue weighted by atomic mass is 79.9. The molecule has 5 nitrogen and oxygen atoms in total. The first-order valence-electron chi connectivity index (χ1n) is 4.96. The molecule has 2 rings (SSSR count). The van der Waals surface area contributed by atoms with Gasteiger partial charge >= 0.3 is 0 Å². The third-order valence-corrected chi connectivity index (χ3v) is 3.93. The summed E-state index contributed by atoms with van der Waals surface area (Å²) < 4.78 is 27.1. The van der Waals surface area contributed by atoms with Crippen molar-refractivity contribution in [1.29, 1.82) is 0 Å². The van der Waals surface area contributed by atoms with E-state index in [9.17, 15) is 8.42 Å². The molecule has 1 aromatic heterocycles. The minimum atomic E-state index is -3.63. The monoisotopic (exact) mass is 327 g/mol. The second kappa shape index (κ2) is 4.95. The van der Waals surface area contributed by atoms with E-state index in [0.717, 1.165) is 0 Å². The fourth-order valence-electron chi connectivity index (χ4n) is 1.30. The molecule has 0 aliphatic heterocycles. The Morgan fingerprint density at radius 2 is 1.83 bits per heavy atom. The summed E-state index contributed by atoms with van der Waals surface area (Å²) in [6.45, 7) is 0. The van der Waals surface area contributed by atoms with E-state index in [-0.39, 0.29) is 4.90 Å². The van der Waals surface area contributed by atoms with Crippen molar-refractivity contribution in [2.45, 2.75) is 4.90 Å². The topological polar surface area (TPSA) is 85.1 Å². The summed E-state index contributed by atoms with van der Waals surface area (Å²) >= 11 is 3.18. The summed E-state index contributed by atoms with van der Waals surface area (Å²) in [6.07, 6.45) is 2.80. The molecule has 0 aliphatic rings. The highest BCUT2D eigenvalue weighted by Crippen LogP contribution is 2.19. The molecule has 18 heavy (non-hydrogen) atoms. The Hall–Kier alpha value is -1.60. The molecule has 0 bridgehead atoms. The molecule has 1 aromatic carbocycles. The maximum absolute atomic E-state index is 12.0. The predicted molar refractivity (Wildman–Crippen MR) is 73.6 cm³/mol. The van der Waals surface area contributed by atoms with Crippen LogP contribution in [-0.2, 0) is 10.0 Å². The van der Waals surface area contributed by atoms with Crippen molar-refractivity contribution < 1.29 is 8.42 Å². The van der Waals surface area contributed by atoms with Gasteiger partial charge in [-0.3, -0.25) is 9.71 Å². The van der Waals surface area contributed by atoms with Crippen molar-refractivity contribution in [3.05, 3.63) is 47.2 Å². The van der Waals surface area contributed by atoms with Crippen molar-refractivity contribution in [2.24, 2.45) is 0 Å². The number of rotatable bonds is 3. The molecule has 7 heteroatoms. The standard InChI is InChI=1S/C11H10BrN3O2S/c12-8-5-11(7-14-6-8)18(16,17)15-10-3-1-9(13)2-4-10/h1-7,15H,13H2. The maximum atomic E-state index is 12.0. The molecule has 2 aromatic rings. The van der Waals surface area contributed by atoms with Gasteiger partial charge in [-0.2, -0.15) is 0 Å². The van der Waals surface area contributed by atoms with E-state index in [2.05, 4.69) is 25.6 Å². The van der Waals surface area contributed by atoms with Gasteiger partial charge in [-0.25, -0.2) is 8.42 Å². The van der Waals surface area contributed by atoms with Crippen LogP contribution in [0.4, 0.5) is 11.4 Å². The van der Waals surface area contributed by atoms with E-state index in [4.69, 9.17) is 5.73 Å². The number of hydrogen-bond donors (Lipinski definition) is 2. The van der Waals surface area contributed by atoms with Crippen LogP contribution in [0, 0.1) is 0 Å². The predicted octanol–water partition coefficient (Wildman–Crippen LogP) is 2.23. The van der Waals surface area contributed by atoms with E-state index in [1.807, 2.05) is 0 Å². The summed E-state index contributed by atoms with van der Waals surface area (Å²) in [5, 5.41) is 0. The zero-order valence-electron chi connectivity index (χ0n) is 9.17. The van der Waals surface area contributed by atoms with Gasteiger partial charge in [0.2, 0.25) is 0 Å². The Morgan fingerprint density at radius 1 is 1.17 bits per heavy atom. The molecule has 1 heterocycles. The van der Waals surface area contributed by atoms with Gasteiger partial charge < -0.3 is 5.73 Å². The Balaban J connectivity index is 2.30. The van der Waals surface area contributed by atoms with Crippen LogP contribution >= 0.6 is 15.9 Å². The average molecular weight is 328 g/mol. The quantitative estimate of drug-likeness (QED) is 0.846. The normalized spacial score (nSPS) is 11.2. The molecule has 94 valence electrons. The van der Waals surface area contributed by atoms with Gasteiger partial charge in [-0.05, 0) is 46.3 Å². The molecule has 0 amide bonds. The number of nitrogens with one attached hydrogen (secondary N) is 1. The van der Waals surface area contributed by atoms with Gasteiger partial charge in [0.15, 0.2) is 0 Å². The van der Waals surface area contributed by atoms with E-state index >= 15 is 0 Å². The van der Waals surface area contributed by atoms with Gasteiger partial charge in [0.1, 0.15) is 4.90 Å². The summed E-state index contributed by atoms with van der Waals surface area (Å²) in [7, 11) is -3.63. The number of aromatic nitrogens is 1. The number of benzene rings is 1. The Kier molecular flexibility index (Phi) is 3.53. The Morgan fingerprint density at radius 3 is 2.44 bits per heavy atom. The Labute approximate surface area is 113 Å². The second-order valence-electron chi connectivity index (χ2n) is 3.57. The number of nitrogen functional groups attached to an aromatic ring is 1. The zero-order valence-corrected chi connectivity index (χ0v) is 11.6. The molecule has 0 aliphatic carbocycles. The minimum absolute atomic E-state index is 0.0914. The number of nitrogens with zero attached hydrogens (tertiary/aromatic N) is 1. The van der Waals surface area contributed by atoms with Gasteiger partial charge in [-0.1, -0.05) is 0 Å². The summed E-state index contributed by atoms with van der Waals surface area (Å²) in [5.41, 5.74) is 6.55. The lowest BCUT2D eigenvalue weighted by Crippen LogP contribution is -2.13. The van der Waals surface area contributed by atoms with Crippen molar-refractivity contribution in [1.82, 2.24) is 4.98 Å². The third-order valence-electron chi connectivity index (χ3n) is 2.15. The lowest BCUT2D eigenvalue weighted by molar-refractivity contribution is 0.600. The fraction of sp³-hybridized carbons (Fsp3) is 0. The highest BCUT2D eigenvalue weighted by molar-refractivity contribution is 9.10. The number of anilines is 2. The maximum Gasteiger partial charge on any atom is 0.263 e. The van der Waals surface area contributed by atoms with E-state index in [1.165, 1.54) is 18.5 Å². The molecule has 0 spiro atoms. The number of sulfonamides is 1. The van der Waals surface area contributed by atoms with Crippen LogP contribution in [0.25, 0.3) is 0 Å². The third kappa shape index (κ3) is 2.99. The van der Waals surface area contributed by atoms with Crippen LogP contribution in [0.3, 0.4) is 0 Å². The molecule has 0 fully saturated rings. The first-order valence-corrected chi connectivity index (χ1v) is 7.24. The van der Waals surface area contributed by atoms with Crippen molar-refractivity contribution in [2.75, 3.05) is 10.5 Å². The molecular weight excluding hydrogens is 318 g/mol. The molecule has 0 atom stereocenters. The molecule has 3 N–H and O–H groups in total. The van der Waals surface area contributed by atoms with Crippen molar-refractivity contribution in [3.63, 3.8) is 0 Å². The first kappa shape index (κ1) is 12.8. The highest BCUT2D eigenvalue weighted by Gasteiger charge is 2.14.